The lowest BCUT2D eigenvalue weighted by Crippen LogP contribution is -2.30. The molecule has 0 saturated carbocycles. The van der Waals surface area contributed by atoms with Crippen LogP contribution in [0, 0.1) is 0 Å². The Morgan fingerprint density at radius 3 is 2.71 bits per heavy atom. The molecule has 2 aliphatic rings. The maximum absolute atomic E-state index is 13.2. The van der Waals surface area contributed by atoms with Crippen molar-refractivity contribution in [2.24, 2.45) is 0 Å². The molecule has 0 saturated heterocycles. The van der Waals surface area contributed by atoms with Gasteiger partial charge in [-0.25, -0.2) is 9.97 Å². The van der Waals surface area contributed by atoms with E-state index in [0.29, 0.717) is 54.2 Å². The summed E-state index contributed by atoms with van der Waals surface area (Å²) in [6.07, 6.45) is -3.56. The number of hydrogen-bond donors (Lipinski definition) is 1. The lowest BCUT2D eigenvalue weighted by molar-refractivity contribution is -0.141. The third-order valence-electron chi connectivity index (χ3n) is 6.08. The first kappa shape index (κ1) is 19.7. The van der Waals surface area contributed by atoms with Crippen LogP contribution in [0.25, 0.3) is 10.9 Å². The Hall–Kier alpha value is -3.20. The largest absolute Gasteiger partial charge is 0.433 e. The highest BCUT2D eigenvalue weighted by molar-refractivity contribution is 5.99. The molecular formula is C22H19F3N4O2. The van der Waals surface area contributed by atoms with E-state index in [2.05, 4.69) is 9.97 Å². The third-order valence-corrected chi connectivity index (χ3v) is 6.08. The maximum atomic E-state index is 13.2. The number of carbonyl (C=O) groups is 1. The second kappa shape index (κ2) is 6.91. The monoisotopic (exact) mass is 428 g/mol. The number of halogens is 3. The van der Waals surface area contributed by atoms with Crippen molar-refractivity contribution >= 4 is 22.6 Å². The number of nitrogens with zero attached hydrogens (tertiary/aromatic N) is 3. The lowest BCUT2D eigenvalue weighted by Gasteiger charge is -2.25. The molecule has 1 aliphatic carbocycles. The second-order valence-corrected chi connectivity index (χ2v) is 7.88. The number of benzene rings is 1. The second-order valence-electron chi connectivity index (χ2n) is 7.88. The number of amides is 1. The quantitative estimate of drug-likeness (QED) is 0.667. The van der Waals surface area contributed by atoms with E-state index in [1.165, 1.54) is 6.07 Å². The Labute approximate surface area is 175 Å². The molecule has 6 nitrogen and oxygen atoms in total. The van der Waals surface area contributed by atoms with Crippen molar-refractivity contribution in [1.29, 1.82) is 0 Å². The van der Waals surface area contributed by atoms with E-state index in [1.54, 1.807) is 30.1 Å². The fourth-order valence-electron chi connectivity index (χ4n) is 4.45. The van der Waals surface area contributed by atoms with Crippen LogP contribution in [-0.4, -0.2) is 27.8 Å². The van der Waals surface area contributed by atoms with Gasteiger partial charge in [-0.1, -0.05) is 6.07 Å². The van der Waals surface area contributed by atoms with E-state index in [9.17, 15) is 18.0 Å². The molecular weight excluding hydrogens is 409 g/mol. The topological polar surface area (TPSA) is 81.3 Å². The van der Waals surface area contributed by atoms with Gasteiger partial charge in [-0.2, -0.15) is 13.2 Å². The van der Waals surface area contributed by atoms with Gasteiger partial charge in [0.05, 0.1) is 24.8 Å². The van der Waals surface area contributed by atoms with Gasteiger partial charge in [0.15, 0.2) is 0 Å². The molecule has 1 aromatic carbocycles. The summed E-state index contributed by atoms with van der Waals surface area (Å²) in [6, 6.07) is 7.32. The number of aryl methyl sites for hydroxylation is 1. The van der Waals surface area contributed by atoms with E-state index in [0.717, 1.165) is 22.6 Å². The van der Waals surface area contributed by atoms with Crippen LogP contribution in [0.3, 0.4) is 0 Å². The van der Waals surface area contributed by atoms with Crippen molar-refractivity contribution in [2.45, 2.75) is 38.3 Å². The van der Waals surface area contributed by atoms with Crippen LogP contribution in [0.1, 0.15) is 50.9 Å². The molecule has 1 unspecified atom stereocenters. The zero-order valence-corrected chi connectivity index (χ0v) is 16.7. The van der Waals surface area contributed by atoms with Crippen LogP contribution in [0.2, 0.25) is 0 Å². The summed E-state index contributed by atoms with van der Waals surface area (Å²) in [4.78, 5) is 23.0. The van der Waals surface area contributed by atoms with Gasteiger partial charge < -0.3 is 15.4 Å². The number of alkyl halides is 3. The summed E-state index contributed by atoms with van der Waals surface area (Å²) in [5, 5.41) is 0.823. The predicted molar refractivity (Wildman–Crippen MR) is 107 cm³/mol. The van der Waals surface area contributed by atoms with Crippen molar-refractivity contribution < 1.29 is 22.7 Å². The minimum atomic E-state index is -4.48. The number of nitrogens with two attached hydrogens (primary N) is 1. The molecule has 2 aromatic heterocycles. The van der Waals surface area contributed by atoms with E-state index >= 15 is 0 Å². The number of hydrogen-bond acceptors (Lipinski definition) is 5. The Bertz CT molecular complexity index is 1230. The van der Waals surface area contributed by atoms with E-state index in [1.807, 2.05) is 0 Å². The first-order valence-electron chi connectivity index (χ1n) is 9.87. The summed E-state index contributed by atoms with van der Waals surface area (Å²) >= 11 is 0. The van der Waals surface area contributed by atoms with Gasteiger partial charge in [0.25, 0.3) is 5.91 Å². The van der Waals surface area contributed by atoms with Crippen molar-refractivity contribution in [1.82, 2.24) is 14.9 Å². The highest BCUT2D eigenvalue weighted by Crippen LogP contribution is 2.38. The highest BCUT2D eigenvalue weighted by Gasteiger charge is 2.36. The van der Waals surface area contributed by atoms with Crippen LogP contribution in [0.4, 0.5) is 19.0 Å². The molecule has 3 heterocycles. The molecule has 5 rings (SSSR count). The number of carbonyl (C=O) groups excluding carboxylic acids is 1. The Morgan fingerprint density at radius 1 is 1.16 bits per heavy atom. The van der Waals surface area contributed by atoms with E-state index in [4.69, 9.17) is 10.5 Å². The molecule has 0 fully saturated rings. The molecule has 2 N–H and O–H groups in total. The van der Waals surface area contributed by atoms with Crippen molar-refractivity contribution in [3.63, 3.8) is 0 Å². The molecule has 1 aliphatic heterocycles. The molecule has 9 heteroatoms. The first-order valence-corrected chi connectivity index (χ1v) is 9.87. The van der Waals surface area contributed by atoms with Gasteiger partial charge in [-0.15, -0.1) is 0 Å². The van der Waals surface area contributed by atoms with Crippen LogP contribution < -0.4 is 5.73 Å². The standard InChI is InChI=1S/C22H19F3N4O2/c1-29(18-6-5-16-12(18)3-7-19(27-16)22(23,24)25)21(30)11-2-4-17-13(8-11)14-9-31-10-15(14)20(26)28-17/h2-4,7-8,18H,5-6,9-10H2,1H3,(H2,26,28). The molecule has 1 atom stereocenters. The molecule has 1 amide bonds. The van der Waals surface area contributed by atoms with Gasteiger partial charge in [0.2, 0.25) is 0 Å². The summed E-state index contributed by atoms with van der Waals surface area (Å²) in [7, 11) is 1.67. The van der Waals surface area contributed by atoms with Crippen molar-refractivity contribution in [3.8, 4) is 0 Å². The lowest BCUT2D eigenvalue weighted by atomic mass is 10.0. The molecule has 0 radical (unpaired) electrons. The SMILES string of the molecule is CN(C(=O)c1ccc2nc(N)c3c(c2c1)COC3)C1CCc2nc(C(F)(F)F)ccc21. The number of aromatic nitrogens is 2. The van der Waals surface area contributed by atoms with Gasteiger partial charge in [0, 0.05) is 29.3 Å². The first-order chi connectivity index (χ1) is 14.7. The van der Waals surface area contributed by atoms with E-state index in [-0.39, 0.29) is 11.9 Å². The average Bonchev–Trinajstić information content (AvgIpc) is 3.39. The Kier molecular flexibility index (Phi) is 4.40. The molecule has 31 heavy (non-hydrogen) atoms. The van der Waals surface area contributed by atoms with Crippen molar-refractivity contribution in [2.75, 3.05) is 12.8 Å². The zero-order chi connectivity index (χ0) is 21.9. The third kappa shape index (κ3) is 3.20. The van der Waals surface area contributed by atoms with Crippen LogP contribution in [-0.2, 0) is 30.5 Å². The minimum absolute atomic E-state index is 0.218. The number of fused-ring (bicyclic) bond motifs is 4. The molecule has 3 aromatic rings. The Morgan fingerprint density at radius 2 is 1.94 bits per heavy atom. The summed E-state index contributed by atoms with van der Waals surface area (Å²) in [5.74, 6) is 0.216. The van der Waals surface area contributed by atoms with Gasteiger partial charge >= 0.3 is 6.18 Å². The molecule has 0 bridgehead atoms. The van der Waals surface area contributed by atoms with Crippen LogP contribution in [0.15, 0.2) is 30.3 Å². The minimum Gasteiger partial charge on any atom is -0.383 e. The Balaban J connectivity index is 1.47. The average molecular weight is 428 g/mol. The fourth-order valence-corrected chi connectivity index (χ4v) is 4.45. The highest BCUT2D eigenvalue weighted by atomic mass is 19.4. The van der Waals surface area contributed by atoms with Gasteiger partial charge in [0.1, 0.15) is 11.5 Å². The van der Waals surface area contributed by atoms with E-state index < -0.39 is 11.9 Å². The fraction of sp³-hybridized carbons (Fsp3) is 0.318. The number of rotatable bonds is 2. The van der Waals surface area contributed by atoms with Gasteiger partial charge in [-0.3, -0.25) is 4.79 Å². The normalized spacial score (nSPS) is 17.6. The smallest absolute Gasteiger partial charge is 0.383 e. The van der Waals surface area contributed by atoms with Crippen LogP contribution >= 0.6 is 0 Å². The predicted octanol–water partition coefficient (Wildman–Crippen LogP) is 4.02. The number of anilines is 1. The summed E-state index contributed by atoms with van der Waals surface area (Å²) < 4.78 is 44.4. The van der Waals surface area contributed by atoms with Gasteiger partial charge in [-0.05, 0) is 48.2 Å². The number of pyridine rings is 2. The number of ether oxygens (including phenoxy) is 1. The van der Waals surface area contributed by atoms with Crippen LogP contribution in [0.5, 0.6) is 0 Å². The van der Waals surface area contributed by atoms with Crippen molar-refractivity contribution in [3.05, 3.63) is 64.0 Å². The summed E-state index contributed by atoms with van der Waals surface area (Å²) in [6.45, 7) is 0.809. The zero-order valence-electron chi connectivity index (χ0n) is 16.7. The maximum Gasteiger partial charge on any atom is 0.433 e. The molecule has 160 valence electrons. The number of nitrogen functional groups attached to an aromatic ring is 1. The molecule has 0 spiro atoms. The summed E-state index contributed by atoms with van der Waals surface area (Å²) in [5.41, 5.74) is 9.11.